The van der Waals surface area contributed by atoms with Gasteiger partial charge in [-0.05, 0) is 57.1 Å². The van der Waals surface area contributed by atoms with Crippen molar-refractivity contribution in [2.75, 3.05) is 32.8 Å². The predicted molar refractivity (Wildman–Crippen MR) is 120 cm³/mol. The molecule has 0 saturated carbocycles. The number of hydrogen-bond donors (Lipinski definition) is 1. The van der Waals surface area contributed by atoms with Crippen molar-refractivity contribution in [1.29, 1.82) is 0 Å². The Bertz CT molecular complexity index is 570. The van der Waals surface area contributed by atoms with Crippen molar-refractivity contribution in [3.63, 3.8) is 0 Å². The Balaban J connectivity index is 0.00000243. The van der Waals surface area contributed by atoms with Crippen LogP contribution in [0, 0.1) is 0 Å². The number of nitrogens with one attached hydrogen (secondary N) is 1. The summed E-state index contributed by atoms with van der Waals surface area (Å²) in [7, 11) is 0. The number of piperidine rings is 1. The second-order valence-electron chi connectivity index (χ2n) is 7.12. The van der Waals surface area contributed by atoms with Crippen LogP contribution >= 0.6 is 24.0 Å². The second-order valence-corrected chi connectivity index (χ2v) is 7.12. The first-order chi connectivity index (χ1) is 12.3. The molecule has 1 unspecified atom stereocenters. The third-order valence-corrected chi connectivity index (χ3v) is 5.43. The Kier molecular flexibility index (Phi) is 9.19. The highest BCUT2D eigenvalue weighted by Crippen LogP contribution is 2.31. The largest absolute Gasteiger partial charge is 0.378 e. The summed E-state index contributed by atoms with van der Waals surface area (Å²) in [4.78, 5) is 7.43. The van der Waals surface area contributed by atoms with E-state index in [1.807, 2.05) is 0 Å². The molecule has 1 fully saturated rings. The summed E-state index contributed by atoms with van der Waals surface area (Å²) in [6.07, 6.45) is 6.39. The Morgan fingerprint density at radius 3 is 2.69 bits per heavy atom. The lowest BCUT2D eigenvalue weighted by molar-refractivity contribution is 0.0263. The number of aliphatic imine (C=N–C) groups is 1. The van der Waals surface area contributed by atoms with Crippen LogP contribution in [-0.4, -0.2) is 49.7 Å². The Labute approximate surface area is 175 Å². The van der Waals surface area contributed by atoms with Gasteiger partial charge < -0.3 is 15.0 Å². The lowest BCUT2D eigenvalue weighted by Crippen LogP contribution is -2.47. The normalized spacial score (nSPS) is 21.1. The number of hydrogen-bond acceptors (Lipinski definition) is 2. The van der Waals surface area contributed by atoms with Crippen molar-refractivity contribution in [2.24, 2.45) is 4.99 Å². The molecule has 1 saturated heterocycles. The topological polar surface area (TPSA) is 36.9 Å². The highest BCUT2D eigenvalue weighted by molar-refractivity contribution is 14.0. The molecule has 1 aliphatic carbocycles. The van der Waals surface area contributed by atoms with E-state index < -0.39 is 0 Å². The molecule has 0 spiro atoms. The summed E-state index contributed by atoms with van der Waals surface area (Å²) < 4.78 is 5.78. The van der Waals surface area contributed by atoms with Gasteiger partial charge in [0.25, 0.3) is 0 Å². The van der Waals surface area contributed by atoms with Crippen LogP contribution in [0.4, 0.5) is 0 Å². The van der Waals surface area contributed by atoms with Crippen LogP contribution in [0.15, 0.2) is 29.3 Å². The van der Waals surface area contributed by atoms with Gasteiger partial charge in [0, 0.05) is 38.7 Å². The van der Waals surface area contributed by atoms with E-state index in [0.29, 0.717) is 12.0 Å². The Hall–Kier alpha value is -0.820. The van der Waals surface area contributed by atoms with Gasteiger partial charge in [-0.15, -0.1) is 24.0 Å². The number of likely N-dealkylation sites (tertiary alicyclic amines) is 1. The molecule has 0 radical (unpaired) electrons. The summed E-state index contributed by atoms with van der Waals surface area (Å²) in [6, 6.07) is 8.92. The van der Waals surface area contributed by atoms with Crippen molar-refractivity contribution < 1.29 is 4.74 Å². The van der Waals surface area contributed by atoms with E-state index in [4.69, 9.17) is 9.73 Å². The average Bonchev–Trinajstić information content (AvgIpc) is 2.66. The van der Waals surface area contributed by atoms with E-state index in [-0.39, 0.29) is 24.0 Å². The van der Waals surface area contributed by atoms with Gasteiger partial charge >= 0.3 is 0 Å². The van der Waals surface area contributed by atoms with Gasteiger partial charge in [0.1, 0.15) is 0 Å². The van der Waals surface area contributed by atoms with E-state index in [0.717, 1.165) is 51.6 Å². The predicted octanol–water partition coefficient (Wildman–Crippen LogP) is 4.19. The highest BCUT2D eigenvalue weighted by atomic mass is 127. The highest BCUT2D eigenvalue weighted by Gasteiger charge is 2.23. The van der Waals surface area contributed by atoms with E-state index in [1.54, 1.807) is 0 Å². The zero-order chi connectivity index (χ0) is 17.5. The molecule has 146 valence electrons. The maximum absolute atomic E-state index is 5.78. The monoisotopic (exact) mass is 471 g/mol. The van der Waals surface area contributed by atoms with Crippen LogP contribution in [0.3, 0.4) is 0 Å². The van der Waals surface area contributed by atoms with Crippen LogP contribution < -0.4 is 5.32 Å². The molecule has 1 N–H and O–H groups in total. The molecule has 0 amide bonds. The summed E-state index contributed by atoms with van der Waals surface area (Å²) in [5.41, 5.74) is 3.04. The number of nitrogens with zero attached hydrogens (tertiary/aromatic N) is 2. The quantitative estimate of drug-likeness (QED) is 0.398. The molecular weight excluding hydrogens is 437 g/mol. The fraction of sp³-hybridized carbons (Fsp3) is 0.667. The average molecular weight is 471 g/mol. The number of ether oxygens (including phenoxy) is 1. The molecule has 26 heavy (non-hydrogen) atoms. The molecule has 3 rings (SSSR count). The first-order valence-electron chi connectivity index (χ1n) is 10.0. The van der Waals surface area contributed by atoms with Crippen molar-refractivity contribution in [1.82, 2.24) is 10.2 Å². The number of rotatable bonds is 5. The van der Waals surface area contributed by atoms with Crippen LogP contribution in [0.1, 0.15) is 56.6 Å². The standard InChI is InChI=1S/C21H33N3O.HI/c1-3-22-21(24-14-12-19(13-15-24)25-4-2)23-16-18-10-7-9-17-8-5-6-11-20(17)18;/h5-6,8,11,18-19H,3-4,7,9-10,12-16H2,1-2H3,(H,22,23);1H. The third kappa shape index (κ3) is 5.59. The molecule has 1 heterocycles. The number of aryl methyl sites for hydroxylation is 1. The molecule has 1 atom stereocenters. The van der Waals surface area contributed by atoms with Gasteiger partial charge in [-0.3, -0.25) is 4.99 Å². The van der Waals surface area contributed by atoms with Crippen molar-refractivity contribution in [2.45, 2.75) is 58.0 Å². The van der Waals surface area contributed by atoms with Crippen molar-refractivity contribution >= 4 is 29.9 Å². The van der Waals surface area contributed by atoms with Gasteiger partial charge in [-0.2, -0.15) is 0 Å². The maximum Gasteiger partial charge on any atom is 0.193 e. The van der Waals surface area contributed by atoms with E-state index in [2.05, 4.69) is 48.3 Å². The molecule has 1 aliphatic heterocycles. The molecule has 0 bridgehead atoms. The van der Waals surface area contributed by atoms with E-state index >= 15 is 0 Å². The number of guanidine groups is 1. The van der Waals surface area contributed by atoms with Gasteiger partial charge in [-0.25, -0.2) is 0 Å². The zero-order valence-electron chi connectivity index (χ0n) is 16.2. The Morgan fingerprint density at radius 1 is 1.19 bits per heavy atom. The second kappa shape index (κ2) is 11.1. The van der Waals surface area contributed by atoms with Gasteiger partial charge in [-0.1, -0.05) is 24.3 Å². The van der Waals surface area contributed by atoms with Gasteiger partial charge in [0.15, 0.2) is 5.96 Å². The summed E-state index contributed by atoms with van der Waals surface area (Å²) in [6.45, 7) is 8.95. The van der Waals surface area contributed by atoms with E-state index in [9.17, 15) is 0 Å². The molecule has 1 aromatic rings. The summed E-state index contributed by atoms with van der Waals surface area (Å²) in [5.74, 6) is 1.65. The Morgan fingerprint density at radius 2 is 1.96 bits per heavy atom. The third-order valence-electron chi connectivity index (χ3n) is 5.43. The first-order valence-corrected chi connectivity index (χ1v) is 10.0. The minimum absolute atomic E-state index is 0. The van der Waals surface area contributed by atoms with Crippen LogP contribution in [-0.2, 0) is 11.2 Å². The molecule has 2 aliphatic rings. The minimum atomic E-state index is 0. The SMILES string of the molecule is CCNC(=NCC1CCCc2ccccc21)N1CCC(OCC)CC1.I. The maximum atomic E-state index is 5.78. The zero-order valence-corrected chi connectivity index (χ0v) is 18.6. The van der Waals surface area contributed by atoms with Crippen LogP contribution in [0.25, 0.3) is 0 Å². The van der Waals surface area contributed by atoms with Crippen LogP contribution in [0.5, 0.6) is 0 Å². The number of benzene rings is 1. The number of halogens is 1. The fourth-order valence-electron chi connectivity index (χ4n) is 4.14. The van der Waals surface area contributed by atoms with E-state index in [1.165, 1.54) is 30.4 Å². The summed E-state index contributed by atoms with van der Waals surface area (Å²) in [5, 5.41) is 3.50. The molecule has 4 nitrogen and oxygen atoms in total. The van der Waals surface area contributed by atoms with Gasteiger partial charge in [0.05, 0.1) is 6.10 Å². The van der Waals surface area contributed by atoms with Gasteiger partial charge in [0.2, 0.25) is 0 Å². The summed E-state index contributed by atoms with van der Waals surface area (Å²) >= 11 is 0. The van der Waals surface area contributed by atoms with Crippen molar-refractivity contribution in [3.05, 3.63) is 35.4 Å². The lowest BCUT2D eigenvalue weighted by atomic mass is 9.83. The lowest BCUT2D eigenvalue weighted by Gasteiger charge is -2.34. The first kappa shape index (κ1) is 21.5. The van der Waals surface area contributed by atoms with Crippen molar-refractivity contribution in [3.8, 4) is 0 Å². The molecule has 0 aromatic heterocycles. The molecule has 1 aromatic carbocycles. The van der Waals surface area contributed by atoms with Crippen LogP contribution in [0.2, 0.25) is 0 Å². The molecular formula is C21H34IN3O. The fourth-order valence-corrected chi connectivity index (χ4v) is 4.14. The number of fused-ring (bicyclic) bond motifs is 1. The molecule has 5 heteroatoms. The smallest absolute Gasteiger partial charge is 0.193 e. The minimum Gasteiger partial charge on any atom is -0.378 e.